The highest BCUT2D eigenvalue weighted by atomic mass is 79.9. The van der Waals surface area contributed by atoms with Gasteiger partial charge in [-0.25, -0.2) is 0 Å². The average molecular weight is 322 g/mol. The lowest BCUT2D eigenvalue weighted by molar-refractivity contribution is 0.535. The fourth-order valence-corrected chi connectivity index (χ4v) is 2.55. The van der Waals surface area contributed by atoms with Crippen molar-refractivity contribution in [3.8, 4) is 0 Å². The van der Waals surface area contributed by atoms with Crippen molar-refractivity contribution < 1.29 is 0 Å². The minimum atomic E-state index is 0.377. The second-order valence-corrected chi connectivity index (χ2v) is 5.69. The molecule has 1 atom stereocenters. The maximum absolute atomic E-state index is 4.21. The molecule has 0 amide bonds. The zero-order valence-electron chi connectivity index (χ0n) is 11.7. The van der Waals surface area contributed by atoms with Gasteiger partial charge in [0.15, 0.2) is 0 Å². The maximum Gasteiger partial charge on any atom is 0.0492 e. The molecule has 0 fully saturated rings. The van der Waals surface area contributed by atoms with Gasteiger partial charge in [0.25, 0.3) is 0 Å². The van der Waals surface area contributed by atoms with Gasteiger partial charge in [-0.15, -0.1) is 0 Å². The first-order valence-corrected chi connectivity index (χ1v) is 7.31. The summed E-state index contributed by atoms with van der Waals surface area (Å²) in [5.74, 6) is 0. The SMILES string of the molecule is CNC(CCc1ccnn1C)c1ccc(Br)c(C)c1. The van der Waals surface area contributed by atoms with E-state index in [-0.39, 0.29) is 0 Å². The number of aryl methyl sites for hydroxylation is 3. The lowest BCUT2D eigenvalue weighted by atomic mass is 9.99. The zero-order valence-corrected chi connectivity index (χ0v) is 13.2. The van der Waals surface area contributed by atoms with Crippen molar-refractivity contribution in [3.63, 3.8) is 0 Å². The molecule has 1 unspecified atom stereocenters. The second kappa shape index (κ2) is 6.35. The van der Waals surface area contributed by atoms with Gasteiger partial charge in [-0.3, -0.25) is 4.68 Å². The number of hydrogen-bond donors (Lipinski definition) is 1. The van der Waals surface area contributed by atoms with E-state index in [1.165, 1.54) is 16.8 Å². The number of rotatable bonds is 5. The van der Waals surface area contributed by atoms with Gasteiger partial charge in [-0.05, 0) is 50.1 Å². The monoisotopic (exact) mass is 321 g/mol. The Kier molecular flexibility index (Phi) is 4.77. The van der Waals surface area contributed by atoms with Crippen LogP contribution in [-0.2, 0) is 13.5 Å². The highest BCUT2D eigenvalue weighted by molar-refractivity contribution is 9.10. The van der Waals surface area contributed by atoms with Crippen molar-refractivity contribution in [2.45, 2.75) is 25.8 Å². The molecular formula is C15H20BrN3. The summed E-state index contributed by atoms with van der Waals surface area (Å²) in [6.45, 7) is 2.13. The van der Waals surface area contributed by atoms with Crippen LogP contribution in [0, 0.1) is 6.92 Å². The Hall–Kier alpha value is -1.13. The number of nitrogens with zero attached hydrogens (tertiary/aromatic N) is 2. The number of halogens is 1. The van der Waals surface area contributed by atoms with E-state index in [4.69, 9.17) is 0 Å². The van der Waals surface area contributed by atoms with Gasteiger partial charge in [-0.2, -0.15) is 5.10 Å². The number of benzene rings is 1. The molecule has 1 N–H and O–H groups in total. The van der Waals surface area contributed by atoms with E-state index < -0.39 is 0 Å². The standard InChI is InChI=1S/C15H20BrN3/c1-11-10-12(4-6-14(11)16)15(17-2)7-5-13-8-9-18-19(13)3/h4,6,8-10,15,17H,5,7H2,1-3H3. The van der Waals surface area contributed by atoms with Crippen molar-refractivity contribution in [3.05, 3.63) is 51.8 Å². The van der Waals surface area contributed by atoms with Gasteiger partial charge in [0.2, 0.25) is 0 Å². The molecule has 2 rings (SSSR count). The molecule has 1 heterocycles. The van der Waals surface area contributed by atoms with Crippen LogP contribution < -0.4 is 5.32 Å². The average Bonchev–Trinajstić information content (AvgIpc) is 2.80. The maximum atomic E-state index is 4.21. The van der Waals surface area contributed by atoms with Crippen LogP contribution >= 0.6 is 15.9 Å². The Morgan fingerprint density at radius 2 is 2.16 bits per heavy atom. The topological polar surface area (TPSA) is 29.9 Å². The van der Waals surface area contributed by atoms with Gasteiger partial charge in [0.05, 0.1) is 0 Å². The van der Waals surface area contributed by atoms with Crippen LogP contribution in [0.3, 0.4) is 0 Å². The third-order valence-corrected chi connectivity index (χ3v) is 4.43. The fourth-order valence-electron chi connectivity index (χ4n) is 2.30. The highest BCUT2D eigenvalue weighted by Gasteiger charge is 2.11. The Morgan fingerprint density at radius 3 is 2.74 bits per heavy atom. The molecule has 0 saturated carbocycles. The van der Waals surface area contributed by atoms with E-state index in [1.54, 1.807) is 0 Å². The molecule has 0 aliphatic heterocycles. The zero-order chi connectivity index (χ0) is 13.8. The summed E-state index contributed by atoms with van der Waals surface area (Å²) in [5.41, 5.74) is 3.89. The van der Waals surface area contributed by atoms with Gasteiger partial charge < -0.3 is 5.32 Å². The third-order valence-electron chi connectivity index (χ3n) is 3.54. The Labute approximate surface area is 123 Å². The van der Waals surface area contributed by atoms with Gasteiger partial charge in [-0.1, -0.05) is 28.1 Å². The summed E-state index contributed by atoms with van der Waals surface area (Å²) in [4.78, 5) is 0. The minimum absolute atomic E-state index is 0.377. The predicted octanol–water partition coefficient (Wildman–Crippen LogP) is 3.38. The van der Waals surface area contributed by atoms with Crippen molar-refractivity contribution in [1.29, 1.82) is 0 Å². The van der Waals surface area contributed by atoms with E-state index in [1.807, 2.05) is 25.0 Å². The summed E-state index contributed by atoms with van der Waals surface area (Å²) >= 11 is 3.55. The second-order valence-electron chi connectivity index (χ2n) is 4.83. The van der Waals surface area contributed by atoms with Crippen molar-refractivity contribution in [2.24, 2.45) is 7.05 Å². The molecule has 0 spiro atoms. The van der Waals surface area contributed by atoms with Crippen molar-refractivity contribution in [2.75, 3.05) is 7.05 Å². The molecule has 2 aromatic rings. The van der Waals surface area contributed by atoms with E-state index in [0.717, 1.165) is 17.3 Å². The molecular weight excluding hydrogens is 302 g/mol. The molecule has 3 nitrogen and oxygen atoms in total. The predicted molar refractivity (Wildman–Crippen MR) is 82.2 cm³/mol. The van der Waals surface area contributed by atoms with Crippen LogP contribution in [0.25, 0.3) is 0 Å². The molecule has 0 aliphatic carbocycles. The van der Waals surface area contributed by atoms with Crippen LogP contribution in [0.5, 0.6) is 0 Å². The quantitative estimate of drug-likeness (QED) is 0.914. The Bertz CT molecular complexity index is 548. The molecule has 0 saturated heterocycles. The molecule has 1 aromatic carbocycles. The third kappa shape index (κ3) is 3.45. The van der Waals surface area contributed by atoms with Crippen LogP contribution in [0.4, 0.5) is 0 Å². The van der Waals surface area contributed by atoms with Crippen LogP contribution in [-0.4, -0.2) is 16.8 Å². The van der Waals surface area contributed by atoms with E-state index in [2.05, 4.69) is 57.5 Å². The highest BCUT2D eigenvalue weighted by Crippen LogP contribution is 2.24. The lowest BCUT2D eigenvalue weighted by Gasteiger charge is -2.17. The normalized spacial score (nSPS) is 12.6. The summed E-state index contributed by atoms with van der Waals surface area (Å²) in [6, 6.07) is 9.01. The molecule has 19 heavy (non-hydrogen) atoms. The van der Waals surface area contributed by atoms with E-state index in [0.29, 0.717) is 6.04 Å². The van der Waals surface area contributed by atoms with E-state index in [9.17, 15) is 0 Å². The summed E-state index contributed by atoms with van der Waals surface area (Å²) < 4.78 is 3.11. The summed E-state index contributed by atoms with van der Waals surface area (Å²) in [6.07, 6.45) is 3.95. The minimum Gasteiger partial charge on any atom is -0.313 e. The molecule has 102 valence electrons. The Balaban J connectivity index is 2.07. The summed E-state index contributed by atoms with van der Waals surface area (Å²) in [7, 11) is 4.01. The first kappa shape index (κ1) is 14.3. The van der Waals surface area contributed by atoms with Gasteiger partial charge in [0, 0.05) is 29.5 Å². The first-order valence-electron chi connectivity index (χ1n) is 6.52. The first-order chi connectivity index (χ1) is 9.11. The molecule has 0 radical (unpaired) electrons. The van der Waals surface area contributed by atoms with Crippen molar-refractivity contribution >= 4 is 15.9 Å². The molecule has 0 bridgehead atoms. The summed E-state index contributed by atoms with van der Waals surface area (Å²) in [5, 5.41) is 7.61. The smallest absolute Gasteiger partial charge is 0.0492 e. The molecule has 1 aromatic heterocycles. The van der Waals surface area contributed by atoms with Gasteiger partial charge in [0.1, 0.15) is 0 Å². The van der Waals surface area contributed by atoms with Gasteiger partial charge >= 0.3 is 0 Å². The fraction of sp³-hybridized carbons (Fsp3) is 0.400. The van der Waals surface area contributed by atoms with Crippen molar-refractivity contribution in [1.82, 2.24) is 15.1 Å². The largest absolute Gasteiger partial charge is 0.313 e. The van der Waals surface area contributed by atoms with Crippen LogP contribution in [0.1, 0.15) is 29.3 Å². The molecule has 4 heteroatoms. The lowest BCUT2D eigenvalue weighted by Crippen LogP contribution is -2.17. The number of aromatic nitrogens is 2. The van der Waals surface area contributed by atoms with Crippen LogP contribution in [0.15, 0.2) is 34.9 Å². The van der Waals surface area contributed by atoms with E-state index >= 15 is 0 Å². The number of nitrogens with one attached hydrogen (secondary N) is 1. The van der Waals surface area contributed by atoms with Crippen LogP contribution in [0.2, 0.25) is 0 Å². The molecule has 0 aliphatic rings. The number of hydrogen-bond acceptors (Lipinski definition) is 2. The Morgan fingerprint density at radius 1 is 1.37 bits per heavy atom.